The summed E-state index contributed by atoms with van der Waals surface area (Å²) in [5.74, 6) is 2.56. The molecule has 3 rings (SSSR count). The average Bonchev–Trinajstić information content (AvgIpc) is 2.99. The third-order valence-corrected chi connectivity index (χ3v) is 4.86. The number of ether oxygens (including phenoxy) is 1. The lowest BCUT2D eigenvalue weighted by atomic mass is 9.98. The molecule has 1 saturated heterocycles. The van der Waals surface area contributed by atoms with Gasteiger partial charge in [0.2, 0.25) is 0 Å². The van der Waals surface area contributed by atoms with Crippen LogP contribution in [-0.4, -0.2) is 37.7 Å². The van der Waals surface area contributed by atoms with Gasteiger partial charge in [0.05, 0.1) is 7.11 Å². The fraction of sp³-hybridized carbons (Fsp3) is 0.625. The highest BCUT2D eigenvalue weighted by atomic mass is 35.5. The van der Waals surface area contributed by atoms with Crippen molar-refractivity contribution < 1.29 is 4.74 Å². The van der Waals surface area contributed by atoms with Gasteiger partial charge in [-0.1, -0.05) is 12.1 Å². The van der Waals surface area contributed by atoms with Gasteiger partial charge < -0.3 is 15.4 Å². The van der Waals surface area contributed by atoms with Crippen LogP contribution < -0.4 is 10.5 Å². The molecule has 2 N–H and O–H groups in total. The fourth-order valence-corrected chi connectivity index (χ4v) is 3.66. The molecule has 1 aliphatic heterocycles. The van der Waals surface area contributed by atoms with Gasteiger partial charge in [0, 0.05) is 25.7 Å². The summed E-state index contributed by atoms with van der Waals surface area (Å²) in [6.07, 6.45) is 3.70. The number of methoxy groups -OCH3 is 1. The summed E-state index contributed by atoms with van der Waals surface area (Å²) in [6.45, 7) is 3.63. The van der Waals surface area contributed by atoms with E-state index in [9.17, 15) is 0 Å². The quantitative estimate of drug-likeness (QED) is 0.927. The number of fused-ring (bicyclic) bond motifs is 1. The Hall–Kier alpha value is -0.770. The molecule has 20 heavy (non-hydrogen) atoms. The van der Waals surface area contributed by atoms with Crippen molar-refractivity contribution in [1.82, 2.24) is 4.90 Å². The summed E-state index contributed by atoms with van der Waals surface area (Å²) < 4.78 is 5.18. The van der Waals surface area contributed by atoms with E-state index in [1.807, 2.05) is 12.1 Å². The second-order valence-electron chi connectivity index (χ2n) is 6.02. The number of benzene rings is 1. The highest BCUT2D eigenvalue weighted by Crippen LogP contribution is 2.36. The maximum atomic E-state index is 6.18. The first-order valence-electron chi connectivity index (χ1n) is 7.37. The predicted octanol–water partition coefficient (Wildman–Crippen LogP) is 2.33. The summed E-state index contributed by atoms with van der Waals surface area (Å²) in [7, 11) is 1.71. The van der Waals surface area contributed by atoms with Crippen molar-refractivity contribution in [2.24, 2.45) is 17.6 Å². The number of halogens is 1. The van der Waals surface area contributed by atoms with E-state index in [4.69, 9.17) is 10.5 Å². The zero-order valence-corrected chi connectivity index (χ0v) is 12.9. The summed E-state index contributed by atoms with van der Waals surface area (Å²) >= 11 is 0. The van der Waals surface area contributed by atoms with Crippen molar-refractivity contribution >= 4 is 12.4 Å². The van der Waals surface area contributed by atoms with Crippen molar-refractivity contribution in [2.75, 3.05) is 26.7 Å². The molecule has 0 bridgehead atoms. The second-order valence-corrected chi connectivity index (χ2v) is 6.02. The van der Waals surface area contributed by atoms with Crippen LogP contribution in [0.5, 0.6) is 5.75 Å². The molecular weight excluding hydrogens is 272 g/mol. The zero-order chi connectivity index (χ0) is 13.2. The molecular formula is C16H25ClN2O. The van der Waals surface area contributed by atoms with Crippen LogP contribution in [0, 0.1) is 11.8 Å². The maximum Gasteiger partial charge on any atom is 0.118 e. The average molecular weight is 297 g/mol. The Morgan fingerprint density at radius 1 is 1.20 bits per heavy atom. The van der Waals surface area contributed by atoms with E-state index in [0.717, 1.165) is 30.6 Å². The molecule has 3 nitrogen and oxygen atoms in total. The van der Waals surface area contributed by atoms with Gasteiger partial charge in [0.25, 0.3) is 0 Å². The van der Waals surface area contributed by atoms with Crippen molar-refractivity contribution in [3.8, 4) is 5.75 Å². The van der Waals surface area contributed by atoms with Crippen LogP contribution in [0.25, 0.3) is 0 Å². The molecule has 1 aromatic carbocycles. The highest BCUT2D eigenvalue weighted by molar-refractivity contribution is 5.85. The number of hydrogen-bond donors (Lipinski definition) is 1. The molecule has 1 aromatic rings. The van der Waals surface area contributed by atoms with E-state index in [2.05, 4.69) is 17.0 Å². The topological polar surface area (TPSA) is 38.5 Å². The number of nitrogens with two attached hydrogens (primary N) is 1. The first-order valence-corrected chi connectivity index (χ1v) is 7.37. The van der Waals surface area contributed by atoms with Gasteiger partial charge in [-0.15, -0.1) is 12.4 Å². The predicted molar refractivity (Wildman–Crippen MR) is 84.6 cm³/mol. The van der Waals surface area contributed by atoms with Crippen molar-refractivity contribution in [2.45, 2.75) is 25.3 Å². The molecule has 0 spiro atoms. The van der Waals surface area contributed by atoms with Crippen molar-refractivity contribution in [3.63, 3.8) is 0 Å². The molecule has 3 unspecified atom stereocenters. The second kappa shape index (κ2) is 6.79. The number of nitrogens with zero attached hydrogens (tertiary/aromatic N) is 1. The van der Waals surface area contributed by atoms with E-state index >= 15 is 0 Å². The molecule has 2 aliphatic rings. The normalized spacial score (nSPS) is 29.0. The van der Waals surface area contributed by atoms with E-state index < -0.39 is 0 Å². The van der Waals surface area contributed by atoms with E-state index in [1.54, 1.807) is 7.11 Å². The Morgan fingerprint density at radius 2 is 1.95 bits per heavy atom. The minimum atomic E-state index is 0. The molecule has 1 aliphatic carbocycles. The lowest BCUT2D eigenvalue weighted by molar-refractivity contribution is 0.309. The smallest absolute Gasteiger partial charge is 0.118 e. The molecule has 0 aromatic heterocycles. The largest absolute Gasteiger partial charge is 0.497 e. The van der Waals surface area contributed by atoms with Gasteiger partial charge in [-0.2, -0.15) is 0 Å². The first-order chi connectivity index (χ1) is 9.26. The highest BCUT2D eigenvalue weighted by Gasteiger charge is 2.40. The summed E-state index contributed by atoms with van der Waals surface area (Å²) in [5.41, 5.74) is 7.57. The van der Waals surface area contributed by atoms with Crippen molar-refractivity contribution in [3.05, 3.63) is 29.8 Å². The number of rotatable bonds is 4. The molecule has 112 valence electrons. The fourth-order valence-electron chi connectivity index (χ4n) is 3.66. The zero-order valence-electron chi connectivity index (χ0n) is 12.1. The van der Waals surface area contributed by atoms with Crippen LogP contribution in [0.3, 0.4) is 0 Å². The molecule has 3 atom stereocenters. The van der Waals surface area contributed by atoms with Crippen molar-refractivity contribution in [1.29, 1.82) is 0 Å². The van der Waals surface area contributed by atoms with E-state index in [1.165, 1.54) is 31.5 Å². The Labute approximate surface area is 127 Å². The van der Waals surface area contributed by atoms with E-state index in [0.29, 0.717) is 6.04 Å². The lowest BCUT2D eigenvalue weighted by Crippen LogP contribution is -2.31. The Morgan fingerprint density at radius 3 is 2.60 bits per heavy atom. The Kier molecular flexibility index (Phi) is 5.30. The van der Waals surface area contributed by atoms with Crippen LogP contribution in [-0.2, 0) is 6.42 Å². The minimum Gasteiger partial charge on any atom is -0.497 e. The van der Waals surface area contributed by atoms with Crippen LogP contribution >= 0.6 is 12.4 Å². The van der Waals surface area contributed by atoms with Gasteiger partial charge >= 0.3 is 0 Å². The van der Waals surface area contributed by atoms with Gasteiger partial charge in [-0.25, -0.2) is 0 Å². The van der Waals surface area contributed by atoms with Gasteiger partial charge in [-0.05, 0) is 48.8 Å². The van der Waals surface area contributed by atoms with Gasteiger partial charge in [0.1, 0.15) is 5.75 Å². The van der Waals surface area contributed by atoms with E-state index in [-0.39, 0.29) is 12.4 Å². The van der Waals surface area contributed by atoms with Gasteiger partial charge in [-0.3, -0.25) is 0 Å². The standard InChI is InChI=1S/C16H24N2O.ClH/c1-19-14-5-2-12(3-6-14)8-9-18-10-13-4-7-16(17)15(13)11-18;/h2-3,5-6,13,15-16H,4,7-11,17H2,1H3;1H. The molecule has 1 heterocycles. The summed E-state index contributed by atoms with van der Waals surface area (Å²) in [4.78, 5) is 2.60. The first kappa shape index (κ1) is 15.6. The van der Waals surface area contributed by atoms with Crippen LogP contribution in [0.15, 0.2) is 24.3 Å². The number of likely N-dealkylation sites (tertiary alicyclic amines) is 1. The minimum absolute atomic E-state index is 0. The molecule has 0 amide bonds. The summed E-state index contributed by atoms with van der Waals surface area (Å²) in [5, 5.41) is 0. The Bertz CT molecular complexity index is 423. The molecule has 2 fully saturated rings. The van der Waals surface area contributed by atoms with Crippen LogP contribution in [0.2, 0.25) is 0 Å². The summed E-state index contributed by atoms with van der Waals surface area (Å²) in [6, 6.07) is 8.88. The van der Waals surface area contributed by atoms with Crippen LogP contribution in [0.4, 0.5) is 0 Å². The number of hydrogen-bond acceptors (Lipinski definition) is 3. The molecule has 4 heteroatoms. The maximum absolute atomic E-state index is 6.18. The Balaban J connectivity index is 0.00000147. The molecule has 0 radical (unpaired) electrons. The SMILES string of the molecule is COc1ccc(CCN2CC3CCC(N)C3C2)cc1.Cl. The third-order valence-electron chi connectivity index (χ3n) is 4.86. The molecule has 1 saturated carbocycles. The lowest BCUT2D eigenvalue weighted by Gasteiger charge is -2.18. The third kappa shape index (κ3) is 3.27. The van der Waals surface area contributed by atoms with Gasteiger partial charge in [0.15, 0.2) is 0 Å². The monoisotopic (exact) mass is 296 g/mol. The van der Waals surface area contributed by atoms with Crippen LogP contribution in [0.1, 0.15) is 18.4 Å².